The van der Waals surface area contributed by atoms with E-state index >= 15 is 0 Å². The molecule has 0 saturated carbocycles. The van der Waals surface area contributed by atoms with Gasteiger partial charge in [0.15, 0.2) is 0 Å². The van der Waals surface area contributed by atoms with Crippen LogP contribution in [0.15, 0.2) is 24.3 Å². The standard InChI is InChI=1S/C15H21N3O2.ClH/c16-13-6-4-5-12(11-13)15(20)17-8-7-14(19)18-9-2-1-3-10-18;/h4-6,11H,1-3,7-10,16H2,(H,17,20);1H. The molecule has 0 aliphatic carbocycles. The van der Waals surface area contributed by atoms with Crippen molar-refractivity contribution in [2.24, 2.45) is 0 Å². The Labute approximate surface area is 131 Å². The molecule has 1 aliphatic rings. The van der Waals surface area contributed by atoms with Crippen molar-refractivity contribution in [2.75, 3.05) is 25.4 Å². The molecule has 1 fully saturated rings. The number of nitrogens with one attached hydrogen (secondary N) is 1. The molecule has 1 heterocycles. The molecule has 5 nitrogen and oxygen atoms in total. The minimum atomic E-state index is -0.191. The van der Waals surface area contributed by atoms with E-state index in [0.29, 0.717) is 24.2 Å². The molecular formula is C15H22ClN3O2. The zero-order valence-corrected chi connectivity index (χ0v) is 12.8. The van der Waals surface area contributed by atoms with Gasteiger partial charge < -0.3 is 16.0 Å². The van der Waals surface area contributed by atoms with Crippen LogP contribution in [0.25, 0.3) is 0 Å². The van der Waals surface area contributed by atoms with E-state index < -0.39 is 0 Å². The summed E-state index contributed by atoms with van der Waals surface area (Å²) in [6.07, 6.45) is 3.73. The molecule has 116 valence electrons. The first kappa shape index (κ1) is 17.3. The van der Waals surface area contributed by atoms with Crippen LogP contribution in [0.2, 0.25) is 0 Å². The fourth-order valence-corrected chi connectivity index (χ4v) is 2.37. The Balaban J connectivity index is 0.00000220. The molecule has 1 saturated heterocycles. The molecule has 1 aromatic rings. The van der Waals surface area contributed by atoms with Gasteiger partial charge >= 0.3 is 0 Å². The molecule has 0 aromatic heterocycles. The summed E-state index contributed by atoms with van der Waals surface area (Å²) in [5.41, 5.74) is 6.71. The third kappa shape index (κ3) is 5.27. The fourth-order valence-electron chi connectivity index (χ4n) is 2.37. The van der Waals surface area contributed by atoms with Crippen LogP contribution in [0, 0.1) is 0 Å². The summed E-state index contributed by atoms with van der Waals surface area (Å²) in [6, 6.07) is 6.81. The molecule has 2 rings (SSSR count). The summed E-state index contributed by atoms with van der Waals surface area (Å²) >= 11 is 0. The third-order valence-electron chi connectivity index (χ3n) is 3.48. The van der Waals surface area contributed by atoms with Crippen molar-refractivity contribution in [3.05, 3.63) is 29.8 Å². The predicted octanol–water partition coefficient (Wildman–Crippen LogP) is 1.82. The molecule has 3 N–H and O–H groups in total. The Hall–Kier alpha value is -1.75. The molecular weight excluding hydrogens is 290 g/mol. The molecule has 0 spiro atoms. The Morgan fingerprint density at radius 1 is 1.19 bits per heavy atom. The van der Waals surface area contributed by atoms with E-state index in [4.69, 9.17) is 5.73 Å². The Morgan fingerprint density at radius 3 is 2.57 bits per heavy atom. The summed E-state index contributed by atoms with van der Waals surface area (Å²) in [4.78, 5) is 25.7. The first-order chi connectivity index (χ1) is 9.66. The van der Waals surface area contributed by atoms with Gasteiger partial charge in [0.2, 0.25) is 5.91 Å². The Kier molecular flexibility index (Phi) is 7.02. The molecule has 21 heavy (non-hydrogen) atoms. The summed E-state index contributed by atoms with van der Waals surface area (Å²) in [7, 11) is 0. The average Bonchev–Trinajstić information content (AvgIpc) is 2.48. The maximum atomic E-state index is 11.9. The van der Waals surface area contributed by atoms with Gasteiger partial charge in [-0.3, -0.25) is 9.59 Å². The molecule has 6 heteroatoms. The van der Waals surface area contributed by atoms with Crippen molar-refractivity contribution in [1.82, 2.24) is 10.2 Å². The van der Waals surface area contributed by atoms with Crippen LogP contribution in [0.3, 0.4) is 0 Å². The number of hydrogen-bond donors (Lipinski definition) is 2. The van der Waals surface area contributed by atoms with Gasteiger partial charge in [-0.1, -0.05) is 6.07 Å². The molecule has 2 amide bonds. The molecule has 0 atom stereocenters. The Morgan fingerprint density at radius 2 is 1.90 bits per heavy atom. The lowest BCUT2D eigenvalue weighted by molar-refractivity contribution is -0.131. The van der Waals surface area contributed by atoms with Gasteiger partial charge in [-0.15, -0.1) is 12.4 Å². The minimum absolute atomic E-state index is 0. The summed E-state index contributed by atoms with van der Waals surface area (Å²) in [5.74, 6) is -0.0682. The highest BCUT2D eigenvalue weighted by molar-refractivity contribution is 5.95. The number of rotatable bonds is 4. The number of halogens is 1. The average molecular weight is 312 g/mol. The van der Waals surface area contributed by atoms with E-state index in [1.165, 1.54) is 6.42 Å². The lowest BCUT2D eigenvalue weighted by Crippen LogP contribution is -2.37. The number of carbonyl (C=O) groups excluding carboxylic acids is 2. The van der Waals surface area contributed by atoms with Crippen molar-refractivity contribution < 1.29 is 9.59 Å². The van der Waals surface area contributed by atoms with E-state index in [-0.39, 0.29) is 24.2 Å². The zero-order valence-electron chi connectivity index (χ0n) is 12.0. The van der Waals surface area contributed by atoms with Crippen LogP contribution in [-0.4, -0.2) is 36.3 Å². The highest BCUT2D eigenvalue weighted by atomic mass is 35.5. The summed E-state index contributed by atoms with van der Waals surface area (Å²) < 4.78 is 0. The number of benzene rings is 1. The summed E-state index contributed by atoms with van der Waals surface area (Å²) in [6.45, 7) is 2.06. The highest BCUT2D eigenvalue weighted by Crippen LogP contribution is 2.10. The van der Waals surface area contributed by atoms with Gasteiger partial charge in [-0.25, -0.2) is 0 Å². The van der Waals surface area contributed by atoms with Gasteiger partial charge in [0.25, 0.3) is 5.91 Å². The van der Waals surface area contributed by atoms with Crippen molar-refractivity contribution in [3.63, 3.8) is 0 Å². The van der Waals surface area contributed by atoms with Crippen molar-refractivity contribution in [1.29, 1.82) is 0 Å². The van der Waals surface area contributed by atoms with E-state index in [9.17, 15) is 9.59 Å². The molecule has 1 aromatic carbocycles. The smallest absolute Gasteiger partial charge is 0.251 e. The van der Waals surface area contributed by atoms with Gasteiger partial charge in [-0.05, 0) is 37.5 Å². The SMILES string of the molecule is Cl.Nc1cccc(C(=O)NCCC(=O)N2CCCCC2)c1. The first-order valence-electron chi connectivity index (χ1n) is 7.08. The quantitative estimate of drug-likeness (QED) is 0.833. The van der Waals surface area contributed by atoms with Crippen LogP contribution in [0.1, 0.15) is 36.0 Å². The highest BCUT2D eigenvalue weighted by Gasteiger charge is 2.16. The molecule has 0 bridgehead atoms. The molecule has 1 aliphatic heterocycles. The number of nitrogen functional groups attached to an aromatic ring is 1. The van der Waals surface area contributed by atoms with E-state index in [0.717, 1.165) is 25.9 Å². The van der Waals surface area contributed by atoms with Gasteiger partial charge in [0.1, 0.15) is 0 Å². The second-order valence-corrected chi connectivity index (χ2v) is 5.07. The second kappa shape index (κ2) is 8.52. The van der Waals surface area contributed by atoms with E-state index in [1.54, 1.807) is 24.3 Å². The normalized spacial score (nSPS) is 14.2. The number of piperidine rings is 1. The predicted molar refractivity (Wildman–Crippen MR) is 85.5 cm³/mol. The maximum absolute atomic E-state index is 11.9. The van der Waals surface area contributed by atoms with Crippen LogP contribution in [-0.2, 0) is 4.79 Å². The second-order valence-electron chi connectivity index (χ2n) is 5.07. The fraction of sp³-hybridized carbons (Fsp3) is 0.467. The monoisotopic (exact) mass is 311 g/mol. The Bertz CT molecular complexity index is 488. The van der Waals surface area contributed by atoms with Crippen LogP contribution in [0.4, 0.5) is 5.69 Å². The number of carbonyl (C=O) groups is 2. The number of hydrogen-bond acceptors (Lipinski definition) is 3. The van der Waals surface area contributed by atoms with E-state index in [2.05, 4.69) is 5.32 Å². The maximum Gasteiger partial charge on any atom is 0.251 e. The lowest BCUT2D eigenvalue weighted by Gasteiger charge is -2.26. The van der Waals surface area contributed by atoms with Crippen LogP contribution in [0.5, 0.6) is 0 Å². The number of anilines is 1. The topological polar surface area (TPSA) is 75.4 Å². The molecule has 0 unspecified atom stereocenters. The van der Waals surface area contributed by atoms with Crippen molar-refractivity contribution in [3.8, 4) is 0 Å². The largest absolute Gasteiger partial charge is 0.399 e. The van der Waals surface area contributed by atoms with Crippen LogP contribution < -0.4 is 11.1 Å². The number of likely N-dealkylation sites (tertiary alicyclic amines) is 1. The first-order valence-corrected chi connectivity index (χ1v) is 7.08. The van der Waals surface area contributed by atoms with Gasteiger partial charge in [-0.2, -0.15) is 0 Å². The van der Waals surface area contributed by atoms with Crippen LogP contribution >= 0.6 is 12.4 Å². The zero-order chi connectivity index (χ0) is 14.4. The third-order valence-corrected chi connectivity index (χ3v) is 3.48. The van der Waals surface area contributed by atoms with Crippen molar-refractivity contribution in [2.45, 2.75) is 25.7 Å². The van der Waals surface area contributed by atoms with Gasteiger partial charge in [0.05, 0.1) is 0 Å². The van der Waals surface area contributed by atoms with Crippen molar-refractivity contribution >= 4 is 29.9 Å². The van der Waals surface area contributed by atoms with E-state index in [1.807, 2.05) is 4.90 Å². The number of amides is 2. The molecule has 0 radical (unpaired) electrons. The number of nitrogens with two attached hydrogens (primary N) is 1. The van der Waals surface area contributed by atoms with Gasteiger partial charge in [0, 0.05) is 37.3 Å². The minimum Gasteiger partial charge on any atom is -0.399 e. The summed E-state index contributed by atoms with van der Waals surface area (Å²) in [5, 5.41) is 2.75. The lowest BCUT2D eigenvalue weighted by atomic mass is 10.1. The number of nitrogens with zero attached hydrogens (tertiary/aromatic N) is 1.